The predicted molar refractivity (Wildman–Crippen MR) is 69.3 cm³/mol. The highest BCUT2D eigenvalue weighted by Gasteiger charge is 2.30. The number of hydrogen-bond acceptors (Lipinski definition) is 2. The molecule has 2 N–H and O–H groups in total. The molecule has 18 heavy (non-hydrogen) atoms. The van der Waals surface area contributed by atoms with Crippen molar-refractivity contribution in [2.75, 3.05) is 5.23 Å². The first-order valence-corrected chi connectivity index (χ1v) is 5.66. The van der Waals surface area contributed by atoms with Crippen LogP contribution in [-0.4, -0.2) is 12.9 Å². The summed E-state index contributed by atoms with van der Waals surface area (Å²) in [5.74, 6) is -0.535. The summed E-state index contributed by atoms with van der Waals surface area (Å²) in [4.78, 5) is 11.9. The van der Waals surface area contributed by atoms with E-state index in [1.165, 1.54) is 6.07 Å². The highest BCUT2D eigenvalue weighted by molar-refractivity contribution is 6.77. The van der Waals surface area contributed by atoms with Crippen molar-refractivity contribution >= 4 is 24.0 Å². The summed E-state index contributed by atoms with van der Waals surface area (Å²) < 4.78 is 13.7. The van der Waals surface area contributed by atoms with Crippen LogP contribution in [0.2, 0.25) is 0 Å². The normalized spacial score (nSPS) is 13.6. The Morgan fingerprint density at radius 2 is 1.67 bits per heavy atom. The monoisotopic (exact) mass is 240 g/mol. The van der Waals surface area contributed by atoms with Gasteiger partial charge >= 0.3 is 6.98 Å². The molecule has 5 heteroatoms. The van der Waals surface area contributed by atoms with E-state index in [4.69, 9.17) is 0 Å². The number of fused-ring (bicyclic) bond motifs is 1. The summed E-state index contributed by atoms with van der Waals surface area (Å²) in [6.45, 7) is -0.534. The zero-order chi connectivity index (χ0) is 12.5. The van der Waals surface area contributed by atoms with Crippen LogP contribution in [0.15, 0.2) is 48.5 Å². The van der Waals surface area contributed by atoms with E-state index in [0.717, 1.165) is 5.69 Å². The summed E-state index contributed by atoms with van der Waals surface area (Å²) >= 11 is 0. The molecule has 3 nitrogen and oxygen atoms in total. The van der Waals surface area contributed by atoms with Crippen molar-refractivity contribution in [1.29, 1.82) is 0 Å². The zero-order valence-electron chi connectivity index (χ0n) is 9.48. The summed E-state index contributed by atoms with van der Waals surface area (Å²) in [6.07, 6.45) is 0. The Bertz CT molecular complexity index is 617. The first-order chi connectivity index (χ1) is 8.75. The van der Waals surface area contributed by atoms with Crippen LogP contribution < -0.4 is 15.9 Å². The van der Waals surface area contributed by atoms with Crippen LogP contribution in [-0.2, 0) is 0 Å². The van der Waals surface area contributed by atoms with Gasteiger partial charge in [0.05, 0.1) is 5.56 Å². The van der Waals surface area contributed by atoms with Gasteiger partial charge < -0.3 is 10.5 Å². The number of hydrogen-bond donors (Lipinski definition) is 2. The molecule has 0 unspecified atom stereocenters. The molecule has 2 aromatic carbocycles. The summed E-state index contributed by atoms with van der Waals surface area (Å²) in [5.41, 5.74) is 1.72. The SMILES string of the molecule is O=C1NB(c2ccccc2F)Nc2ccccc21. The van der Waals surface area contributed by atoms with E-state index in [9.17, 15) is 9.18 Å². The van der Waals surface area contributed by atoms with Crippen LogP contribution in [0.1, 0.15) is 10.4 Å². The number of nitrogens with one attached hydrogen (secondary N) is 2. The van der Waals surface area contributed by atoms with Gasteiger partial charge in [-0.05, 0) is 18.2 Å². The number of rotatable bonds is 1. The predicted octanol–water partition coefficient (Wildman–Crippen LogP) is 1.38. The van der Waals surface area contributed by atoms with Gasteiger partial charge in [-0.3, -0.25) is 4.79 Å². The lowest BCUT2D eigenvalue weighted by Crippen LogP contribution is -2.57. The molecule has 0 aliphatic carbocycles. The van der Waals surface area contributed by atoms with E-state index in [0.29, 0.717) is 11.0 Å². The van der Waals surface area contributed by atoms with Crippen molar-refractivity contribution in [1.82, 2.24) is 5.23 Å². The second kappa shape index (κ2) is 4.18. The van der Waals surface area contributed by atoms with Gasteiger partial charge in [0, 0.05) is 11.2 Å². The number of benzene rings is 2. The summed E-state index contributed by atoms with van der Waals surface area (Å²) in [7, 11) is 0. The second-order valence-electron chi connectivity index (χ2n) is 4.12. The van der Waals surface area contributed by atoms with Crippen LogP contribution in [0.5, 0.6) is 0 Å². The summed E-state index contributed by atoms with van der Waals surface area (Å²) in [6, 6.07) is 13.6. The Kier molecular flexibility index (Phi) is 2.52. The highest BCUT2D eigenvalue weighted by atomic mass is 19.1. The molecule has 88 valence electrons. The van der Waals surface area contributed by atoms with Gasteiger partial charge in [-0.2, -0.15) is 0 Å². The van der Waals surface area contributed by atoms with Crippen molar-refractivity contribution < 1.29 is 9.18 Å². The van der Waals surface area contributed by atoms with Gasteiger partial charge in [-0.15, -0.1) is 0 Å². The van der Waals surface area contributed by atoms with Crippen molar-refractivity contribution in [2.45, 2.75) is 0 Å². The van der Waals surface area contributed by atoms with Gasteiger partial charge in [0.15, 0.2) is 0 Å². The van der Waals surface area contributed by atoms with E-state index in [-0.39, 0.29) is 11.7 Å². The fraction of sp³-hybridized carbons (Fsp3) is 0. The van der Waals surface area contributed by atoms with E-state index < -0.39 is 6.98 Å². The smallest absolute Gasteiger partial charge is 0.405 e. The van der Waals surface area contributed by atoms with E-state index in [2.05, 4.69) is 10.5 Å². The van der Waals surface area contributed by atoms with Crippen LogP contribution in [0, 0.1) is 5.82 Å². The first-order valence-electron chi connectivity index (χ1n) is 5.66. The third-order valence-electron chi connectivity index (χ3n) is 2.96. The molecule has 0 atom stereocenters. The molecule has 0 saturated heterocycles. The Morgan fingerprint density at radius 3 is 2.50 bits per heavy atom. The molecule has 1 amide bonds. The minimum atomic E-state index is -0.534. The molecular formula is C13H10BFN2O. The van der Waals surface area contributed by atoms with Gasteiger partial charge in [-0.1, -0.05) is 30.3 Å². The lowest BCUT2D eigenvalue weighted by molar-refractivity contribution is 0.0979. The molecule has 0 radical (unpaired) electrons. The average molecular weight is 240 g/mol. The highest BCUT2D eigenvalue weighted by Crippen LogP contribution is 2.18. The topological polar surface area (TPSA) is 41.1 Å². The second-order valence-corrected chi connectivity index (χ2v) is 4.12. The van der Waals surface area contributed by atoms with Gasteiger partial charge in [-0.25, -0.2) is 4.39 Å². The molecule has 2 aromatic rings. The Labute approximate surface area is 104 Å². The number of anilines is 1. The number of halogens is 1. The molecule has 1 heterocycles. The van der Waals surface area contributed by atoms with Crippen molar-refractivity contribution in [3.05, 3.63) is 59.9 Å². The maximum atomic E-state index is 13.7. The fourth-order valence-electron chi connectivity index (χ4n) is 2.07. The molecule has 3 rings (SSSR count). The van der Waals surface area contributed by atoms with Crippen LogP contribution in [0.4, 0.5) is 10.1 Å². The molecule has 1 aliphatic rings. The Hall–Kier alpha value is -2.30. The van der Waals surface area contributed by atoms with Crippen LogP contribution in [0.3, 0.4) is 0 Å². The summed E-state index contributed by atoms with van der Waals surface area (Å²) in [5, 5.41) is 5.85. The van der Waals surface area contributed by atoms with Crippen molar-refractivity contribution in [2.24, 2.45) is 0 Å². The minimum absolute atomic E-state index is 0.197. The van der Waals surface area contributed by atoms with Gasteiger partial charge in [0.2, 0.25) is 5.91 Å². The molecule has 0 bridgehead atoms. The third kappa shape index (κ3) is 1.74. The standard InChI is InChI=1S/C13H10BFN2O/c15-11-7-3-2-6-10(11)14-16-12-8-4-1-5-9(12)13(18)17-14/h1-8,16H,(H,17,18). The number of amides is 1. The molecule has 0 aromatic heterocycles. The largest absolute Gasteiger partial charge is 0.411 e. The fourth-order valence-corrected chi connectivity index (χ4v) is 2.07. The quantitative estimate of drug-likeness (QED) is 0.739. The Morgan fingerprint density at radius 1 is 0.944 bits per heavy atom. The maximum absolute atomic E-state index is 13.7. The zero-order valence-corrected chi connectivity index (χ0v) is 9.48. The van der Waals surface area contributed by atoms with E-state index in [1.54, 1.807) is 30.3 Å². The number of para-hydroxylation sites is 1. The molecular weight excluding hydrogens is 230 g/mol. The number of carbonyl (C=O) groups excluding carboxylic acids is 1. The molecule has 0 fully saturated rings. The van der Waals surface area contributed by atoms with E-state index >= 15 is 0 Å². The first kappa shape index (κ1) is 10.8. The molecule has 0 spiro atoms. The van der Waals surface area contributed by atoms with Crippen molar-refractivity contribution in [3.8, 4) is 0 Å². The third-order valence-corrected chi connectivity index (χ3v) is 2.96. The van der Waals surface area contributed by atoms with E-state index in [1.807, 2.05) is 12.1 Å². The molecule has 0 saturated carbocycles. The lowest BCUT2D eigenvalue weighted by Gasteiger charge is -2.25. The number of carbonyl (C=O) groups is 1. The van der Waals surface area contributed by atoms with Crippen LogP contribution in [0.25, 0.3) is 0 Å². The maximum Gasteiger partial charge on any atom is 0.411 e. The van der Waals surface area contributed by atoms with Crippen molar-refractivity contribution in [3.63, 3.8) is 0 Å². The lowest BCUT2D eigenvalue weighted by atomic mass is 9.66. The van der Waals surface area contributed by atoms with Gasteiger partial charge in [0.25, 0.3) is 0 Å². The van der Waals surface area contributed by atoms with Gasteiger partial charge in [0.1, 0.15) is 5.82 Å². The Balaban J connectivity index is 2.00. The molecule has 1 aliphatic heterocycles. The average Bonchev–Trinajstić information content (AvgIpc) is 2.39. The van der Waals surface area contributed by atoms with Crippen LogP contribution >= 0.6 is 0 Å². The minimum Gasteiger partial charge on any atom is -0.405 e.